The molecule has 6 heteroatoms. The molecule has 0 bridgehead atoms. The second-order valence-electron chi connectivity index (χ2n) is 1.89. The van der Waals surface area contributed by atoms with Crippen LogP contribution >= 0.6 is 32.9 Å². The Morgan fingerprint density at radius 1 is 1.67 bits per heavy atom. The van der Waals surface area contributed by atoms with Crippen molar-refractivity contribution < 1.29 is 9.90 Å². The first-order valence-electron chi connectivity index (χ1n) is 2.75. The molecule has 0 spiro atoms. The lowest BCUT2D eigenvalue weighted by molar-refractivity contribution is 0.0697. The zero-order valence-corrected chi connectivity index (χ0v) is 9.12. The maximum Gasteiger partial charge on any atom is 0.339 e. The number of hydrogen-bond acceptors (Lipinski definition) is 3. The highest BCUT2D eigenvalue weighted by Gasteiger charge is 2.08. The summed E-state index contributed by atoms with van der Waals surface area (Å²) in [6.45, 7) is 0. The van der Waals surface area contributed by atoms with Gasteiger partial charge >= 0.3 is 5.97 Å². The molecule has 1 rings (SSSR count). The van der Waals surface area contributed by atoms with Gasteiger partial charge in [0.05, 0.1) is 0 Å². The van der Waals surface area contributed by atoms with Crippen LogP contribution in [0.2, 0.25) is 0 Å². The van der Waals surface area contributed by atoms with E-state index in [1.54, 1.807) is 0 Å². The molecule has 0 unspecified atom stereocenters. The van der Waals surface area contributed by atoms with Crippen LogP contribution < -0.4 is 5.73 Å². The van der Waals surface area contributed by atoms with Gasteiger partial charge in [-0.25, -0.2) is 9.78 Å². The number of anilines is 1. The summed E-state index contributed by atoms with van der Waals surface area (Å²) in [4.78, 5) is 14.1. The molecule has 0 aromatic carbocycles. The van der Waals surface area contributed by atoms with Gasteiger partial charge in [-0.05, 0) is 22.0 Å². The number of pyridine rings is 1. The number of halogens is 2. The van der Waals surface area contributed by atoms with Crippen LogP contribution in [-0.4, -0.2) is 16.1 Å². The summed E-state index contributed by atoms with van der Waals surface area (Å²) in [5.41, 5.74) is 5.29. The van der Waals surface area contributed by atoms with Gasteiger partial charge in [0.1, 0.15) is 11.4 Å². The third-order valence-corrected chi connectivity index (χ3v) is 1.55. The molecule has 0 radical (unpaired) electrons. The van der Waals surface area contributed by atoms with Crippen LogP contribution in [-0.2, 0) is 0 Å². The molecular formula is C6H6Br2N2O2. The molecule has 3 N–H and O–H groups in total. The van der Waals surface area contributed by atoms with Crippen molar-refractivity contribution >= 4 is 44.7 Å². The topological polar surface area (TPSA) is 76.2 Å². The minimum absolute atomic E-state index is 0. The summed E-state index contributed by atoms with van der Waals surface area (Å²) in [5.74, 6) is -1.04. The molecule has 1 heterocycles. The van der Waals surface area contributed by atoms with Gasteiger partial charge in [-0.2, -0.15) is 0 Å². The quantitative estimate of drug-likeness (QED) is 0.827. The fourth-order valence-electron chi connectivity index (χ4n) is 0.621. The third-order valence-electron chi connectivity index (χ3n) is 1.12. The van der Waals surface area contributed by atoms with Gasteiger partial charge in [0.25, 0.3) is 0 Å². The predicted octanol–water partition coefficient (Wildman–Crippen LogP) is 1.70. The van der Waals surface area contributed by atoms with E-state index in [-0.39, 0.29) is 28.4 Å². The number of aromatic nitrogens is 1. The van der Waals surface area contributed by atoms with E-state index in [4.69, 9.17) is 10.8 Å². The van der Waals surface area contributed by atoms with E-state index in [1.165, 1.54) is 12.3 Å². The Bertz CT molecular complexity index is 304. The smallest absolute Gasteiger partial charge is 0.339 e. The summed E-state index contributed by atoms with van der Waals surface area (Å²) in [6.07, 6.45) is 1.45. The van der Waals surface area contributed by atoms with Crippen molar-refractivity contribution in [1.82, 2.24) is 4.98 Å². The Labute approximate surface area is 87.7 Å². The monoisotopic (exact) mass is 296 g/mol. The van der Waals surface area contributed by atoms with Crippen molar-refractivity contribution in [1.29, 1.82) is 0 Å². The molecule has 0 aliphatic carbocycles. The van der Waals surface area contributed by atoms with Gasteiger partial charge in [-0.1, -0.05) is 0 Å². The third kappa shape index (κ3) is 2.46. The molecule has 1 aromatic rings. The van der Waals surface area contributed by atoms with Gasteiger partial charge in [-0.15, -0.1) is 17.0 Å². The SMILES string of the molecule is Br.Nc1ncc(Br)cc1C(=O)O. The average molecular weight is 298 g/mol. The Balaban J connectivity index is 0.00000121. The lowest BCUT2D eigenvalue weighted by atomic mass is 10.3. The number of carboxylic acid groups (broad SMARTS) is 1. The molecule has 0 saturated carbocycles. The molecular weight excluding hydrogens is 292 g/mol. The number of hydrogen-bond donors (Lipinski definition) is 2. The van der Waals surface area contributed by atoms with Crippen LogP contribution in [0.25, 0.3) is 0 Å². The number of carboxylic acids is 1. The van der Waals surface area contributed by atoms with E-state index in [2.05, 4.69) is 20.9 Å². The summed E-state index contributed by atoms with van der Waals surface area (Å²) < 4.78 is 0.601. The summed E-state index contributed by atoms with van der Waals surface area (Å²) in [5, 5.41) is 8.55. The second kappa shape index (κ2) is 4.42. The normalized spacial score (nSPS) is 8.75. The van der Waals surface area contributed by atoms with Crippen molar-refractivity contribution in [3.8, 4) is 0 Å². The molecule has 0 atom stereocenters. The standard InChI is InChI=1S/C6H5BrN2O2.BrH/c7-3-1-4(6(10)11)5(8)9-2-3;/h1-2H,(H2,8,9)(H,10,11);1H. The van der Waals surface area contributed by atoms with Crippen molar-refractivity contribution in [3.05, 3.63) is 22.3 Å². The van der Waals surface area contributed by atoms with Gasteiger partial charge in [0.15, 0.2) is 0 Å². The number of nitrogen functional groups attached to an aromatic ring is 1. The van der Waals surface area contributed by atoms with E-state index < -0.39 is 5.97 Å². The molecule has 0 amide bonds. The van der Waals surface area contributed by atoms with Crippen LogP contribution in [0.15, 0.2) is 16.7 Å². The lowest BCUT2D eigenvalue weighted by Gasteiger charge is -1.98. The Kier molecular flexibility index (Phi) is 4.19. The molecule has 4 nitrogen and oxygen atoms in total. The zero-order valence-electron chi connectivity index (χ0n) is 5.82. The molecule has 0 fully saturated rings. The maximum atomic E-state index is 10.4. The summed E-state index contributed by atoms with van der Waals surface area (Å²) in [7, 11) is 0. The number of nitrogens with two attached hydrogens (primary N) is 1. The number of aromatic carboxylic acids is 1. The van der Waals surface area contributed by atoms with Crippen LogP contribution in [0.4, 0.5) is 5.82 Å². The van der Waals surface area contributed by atoms with E-state index >= 15 is 0 Å². The lowest BCUT2D eigenvalue weighted by Crippen LogP contribution is -2.03. The molecule has 12 heavy (non-hydrogen) atoms. The van der Waals surface area contributed by atoms with Crippen LogP contribution in [0.1, 0.15) is 10.4 Å². The first kappa shape index (κ1) is 11.4. The van der Waals surface area contributed by atoms with Crippen molar-refractivity contribution in [3.63, 3.8) is 0 Å². The summed E-state index contributed by atoms with van der Waals surface area (Å²) in [6, 6.07) is 1.41. The van der Waals surface area contributed by atoms with Crippen LogP contribution in [0.5, 0.6) is 0 Å². The van der Waals surface area contributed by atoms with Crippen LogP contribution in [0, 0.1) is 0 Å². The Morgan fingerprint density at radius 3 is 2.67 bits per heavy atom. The number of rotatable bonds is 1. The number of carbonyl (C=O) groups is 1. The van der Waals surface area contributed by atoms with Gasteiger partial charge in [0.2, 0.25) is 0 Å². The van der Waals surface area contributed by atoms with E-state index in [1.807, 2.05) is 0 Å². The average Bonchev–Trinajstić information content (AvgIpc) is 1.94. The highest BCUT2D eigenvalue weighted by molar-refractivity contribution is 9.10. The Morgan fingerprint density at radius 2 is 2.25 bits per heavy atom. The van der Waals surface area contributed by atoms with Crippen molar-refractivity contribution in [2.75, 3.05) is 5.73 Å². The first-order chi connectivity index (χ1) is 5.11. The largest absolute Gasteiger partial charge is 0.478 e. The van der Waals surface area contributed by atoms with Gasteiger partial charge in [-0.3, -0.25) is 0 Å². The van der Waals surface area contributed by atoms with Gasteiger partial charge < -0.3 is 10.8 Å². The van der Waals surface area contributed by atoms with Crippen molar-refractivity contribution in [2.24, 2.45) is 0 Å². The molecule has 0 aliphatic heterocycles. The molecule has 1 aromatic heterocycles. The first-order valence-corrected chi connectivity index (χ1v) is 3.55. The Hall–Kier alpha value is -0.620. The highest BCUT2D eigenvalue weighted by Crippen LogP contribution is 2.14. The fraction of sp³-hybridized carbons (Fsp3) is 0. The number of nitrogens with zero attached hydrogens (tertiary/aromatic N) is 1. The molecule has 0 aliphatic rings. The zero-order chi connectivity index (χ0) is 8.43. The van der Waals surface area contributed by atoms with E-state index in [0.717, 1.165) is 0 Å². The van der Waals surface area contributed by atoms with Gasteiger partial charge in [0, 0.05) is 10.7 Å². The minimum atomic E-state index is -1.07. The molecule has 0 saturated heterocycles. The molecule has 66 valence electrons. The van der Waals surface area contributed by atoms with E-state index in [0.29, 0.717) is 4.47 Å². The maximum absolute atomic E-state index is 10.4. The fourth-order valence-corrected chi connectivity index (χ4v) is 0.952. The summed E-state index contributed by atoms with van der Waals surface area (Å²) >= 11 is 3.08. The van der Waals surface area contributed by atoms with E-state index in [9.17, 15) is 4.79 Å². The predicted molar refractivity (Wildman–Crippen MR) is 53.6 cm³/mol. The minimum Gasteiger partial charge on any atom is -0.478 e. The van der Waals surface area contributed by atoms with Crippen LogP contribution in [0.3, 0.4) is 0 Å². The second-order valence-corrected chi connectivity index (χ2v) is 2.81. The van der Waals surface area contributed by atoms with Crippen molar-refractivity contribution in [2.45, 2.75) is 0 Å². The highest BCUT2D eigenvalue weighted by atomic mass is 79.9.